The lowest BCUT2D eigenvalue weighted by Gasteiger charge is -2.37. The summed E-state index contributed by atoms with van der Waals surface area (Å²) in [6.07, 6.45) is 10.4. The normalized spacial score (nSPS) is 38.1. The highest BCUT2D eigenvalue weighted by atomic mass is 17.2. The van der Waals surface area contributed by atoms with Crippen LogP contribution in [0.15, 0.2) is 0 Å². The third-order valence-corrected chi connectivity index (χ3v) is 11.7. The minimum Gasteiger partial charge on any atom is -0.481 e. The molecule has 16 heteroatoms. The van der Waals surface area contributed by atoms with Crippen LogP contribution in [0.1, 0.15) is 116 Å². The monoisotopic (exact) mass is 712 g/mol. The van der Waals surface area contributed by atoms with Gasteiger partial charge in [-0.05, 0) is 89.9 Å². The summed E-state index contributed by atoms with van der Waals surface area (Å²) in [4.78, 5) is 69.0. The summed E-state index contributed by atoms with van der Waals surface area (Å²) in [5.41, 5.74) is 0. The smallest absolute Gasteiger partial charge is 0.310 e. The van der Waals surface area contributed by atoms with E-state index >= 15 is 0 Å². The molecule has 16 nitrogen and oxygen atoms in total. The number of nitrogens with zero attached hydrogens (tertiary/aromatic N) is 2. The van der Waals surface area contributed by atoms with Crippen LogP contribution in [0, 0.1) is 43.9 Å². The minimum absolute atomic E-state index is 0.0292. The molecule has 0 aromatic heterocycles. The van der Waals surface area contributed by atoms with E-state index in [0.717, 1.165) is 64.2 Å². The van der Waals surface area contributed by atoms with Gasteiger partial charge in [-0.15, -0.1) is 0 Å². The molecule has 0 heterocycles. The number of hydrogen-bond donors (Lipinski definition) is 2. The SMILES string of the molecule is O=C(O)C1CCC([N+](=O)[O-])CC1COOC1CCC(OC2CCC(OC3CCC(OC(=O)C4CC([N+](=O)[O-])CCC4C(=O)O)CC3)CC2)CC1. The molecular weight excluding hydrogens is 660 g/mol. The van der Waals surface area contributed by atoms with Crippen LogP contribution in [0.5, 0.6) is 0 Å². The molecule has 6 atom stereocenters. The van der Waals surface area contributed by atoms with Crippen molar-refractivity contribution in [3.8, 4) is 0 Å². The topological polar surface area (TPSA) is 224 Å². The number of rotatable bonds is 14. The van der Waals surface area contributed by atoms with Crippen molar-refractivity contribution in [3.63, 3.8) is 0 Å². The lowest BCUT2D eigenvalue weighted by atomic mass is 9.77. The predicted molar refractivity (Wildman–Crippen MR) is 172 cm³/mol. The van der Waals surface area contributed by atoms with Gasteiger partial charge in [0.15, 0.2) is 0 Å². The second-order valence-electron chi connectivity index (χ2n) is 15.0. The first-order valence-corrected chi connectivity index (χ1v) is 18.5. The van der Waals surface area contributed by atoms with Gasteiger partial charge < -0.3 is 24.4 Å². The van der Waals surface area contributed by atoms with Crippen LogP contribution in [0.4, 0.5) is 0 Å². The Morgan fingerprint density at radius 3 is 1.42 bits per heavy atom. The fourth-order valence-electron chi connectivity index (χ4n) is 8.71. The van der Waals surface area contributed by atoms with Crippen LogP contribution in [0.3, 0.4) is 0 Å². The summed E-state index contributed by atoms with van der Waals surface area (Å²) in [6, 6.07) is -1.67. The zero-order valence-corrected chi connectivity index (χ0v) is 28.6. The third-order valence-electron chi connectivity index (χ3n) is 11.7. The summed E-state index contributed by atoms with van der Waals surface area (Å²) >= 11 is 0. The average Bonchev–Trinajstić information content (AvgIpc) is 3.10. The number of carbonyl (C=O) groups excluding carboxylic acids is 1. The maximum absolute atomic E-state index is 12.9. The van der Waals surface area contributed by atoms with Crippen LogP contribution in [0.25, 0.3) is 0 Å². The number of carboxylic acid groups (broad SMARTS) is 2. The van der Waals surface area contributed by atoms with E-state index in [-0.39, 0.29) is 86.7 Å². The first kappa shape index (κ1) is 38.3. The average molecular weight is 713 g/mol. The number of carboxylic acids is 2. The number of aliphatic carboxylic acids is 2. The molecule has 50 heavy (non-hydrogen) atoms. The highest BCUT2D eigenvalue weighted by molar-refractivity contribution is 5.81. The second-order valence-corrected chi connectivity index (χ2v) is 15.0. The number of nitro groups is 2. The third kappa shape index (κ3) is 10.5. The first-order valence-electron chi connectivity index (χ1n) is 18.5. The van der Waals surface area contributed by atoms with Gasteiger partial charge in [-0.25, -0.2) is 9.78 Å². The van der Waals surface area contributed by atoms with Crippen molar-refractivity contribution in [2.75, 3.05) is 6.61 Å². The van der Waals surface area contributed by atoms with Crippen LogP contribution in [-0.4, -0.2) is 93.3 Å². The van der Waals surface area contributed by atoms with Crippen molar-refractivity contribution in [1.29, 1.82) is 0 Å². The van der Waals surface area contributed by atoms with E-state index < -0.39 is 58.6 Å². The Balaban J connectivity index is 0.933. The zero-order chi connectivity index (χ0) is 35.8. The molecule has 0 saturated heterocycles. The van der Waals surface area contributed by atoms with Gasteiger partial charge in [-0.2, -0.15) is 0 Å². The summed E-state index contributed by atoms with van der Waals surface area (Å²) in [6.45, 7) is 0.0292. The fraction of sp³-hybridized carbons (Fsp3) is 0.912. The molecule has 6 unspecified atom stereocenters. The van der Waals surface area contributed by atoms with Crippen molar-refractivity contribution in [1.82, 2.24) is 0 Å². The van der Waals surface area contributed by atoms with E-state index in [1.807, 2.05) is 0 Å². The molecule has 282 valence electrons. The Hall–Kier alpha value is -2.95. The molecule has 5 saturated carbocycles. The van der Waals surface area contributed by atoms with Crippen molar-refractivity contribution in [2.45, 2.75) is 164 Å². The molecule has 2 N–H and O–H groups in total. The lowest BCUT2D eigenvalue weighted by molar-refractivity contribution is -0.529. The molecule has 0 amide bonds. The number of carbonyl (C=O) groups is 3. The molecular formula is C34H52N2O14. The quantitative estimate of drug-likeness (QED) is 0.107. The predicted octanol–water partition coefficient (Wildman–Crippen LogP) is 4.74. The van der Waals surface area contributed by atoms with E-state index in [2.05, 4.69) is 0 Å². The number of ether oxygens (including phenoxy) is 3. The van der Waals surface area contributed by atoms with Gasteiger partial charge >= 0.3 is 17.9 Å². The molecule has 0 aliphatic heterocycles. The van der Waals surface area contributed by atoms with Crippen molar-refractivity contribution in [3.05, 3.63) is 20.2 Å². The van der Waals surface area contributed by atoms with Gasteiger partial charge in [-0.1, -0.05) is 0 Å². The lowest BCUT2D eigenvalue weighted by Crippen LogP contribution is -2.42. The standard InChI is InChI=1S/C34H52N2O14/c37-32(38)29-15-1-21(35(42)43)17-20(29)19-46-50-28-13-11-26(12-14-28)48-24-5-3-23(4-6-24)47-25-7-9-27(10-8-25)49-34(41)31-18-22(36(44)45)2-16-30(31)33(39)40/h20-31H,1-19H2,(H,37,38)(H,39,40). The Morgan fingerprint density at radius 1 is 0.540 bits per heavy atom. The summed E-state index contributed by atoms with van der Waals surface area (Å²) < 4.78 is 18.5. The molecule has 0 bridgehead atoms. The fourth-order valence-corrected chi connectivity index (χ4v) is 8.71. The van der Waals surface area contributed by atoms with E-state index in [9.17, 15) is 44.8 Å². The molecule has 0 aromatic carbocycles. The van der Waals surface area contributed by atoms with Crippen LogP contribution >= 0.6 is 0 Å². The maximum atomic E-state index is 12.9. The first-order chi connectivity index (χ1) is 24.0. The van der Waals surface area contributed by atoms with Gasteiger partial charge in [0.25, 0.3) is 0 Å². The molecule has 5 rings (SSSR count). The van der Waals surface area contributed by atoms with Gasteiger partial charge in [-0.3, -0.25) is 34.6 Å². The molecule has 5 aliphatic carbocycles. The van der Waals surface area contributed by atoms with E-state index in [0.29, 0.717) is 12.8 Å². The van der Waals surface area contributed by atoms with Crippen LogP contribution in [-0.2, 0) is 38.4 Å². The van der Waals surface area contributed by atoms with Gasteiger partial charge in [0.2, 0.25) is 12.1 Å². The Kier molecular flexibility index (Phi) is 13.8. The number of esters is 1. The van der Waals surface area contributed by atoms with Crippen LogP contribution in [0.2, 0.25) is 0 Å². The number of hydrogen-bond acceptors (Lipinski definition) is 12. The van der Waals surface area contributed by atoms with Gasteiger partial charge in [0.1, 0.15) is 6.10 Å². The summed E-state index contributed by atoms with van der Waals surface area (Å²) in [5.74, 6) is -5.77. The summed E-state index contributed by atoms with van der Waals surface area (Å²) in [5, 5.41) is 41.5. The molecule has 0 aromatic rings. The van der Waals surface area contributed by atoms with E-state index in [4.69, 9.17) is 24.0 Å². The minimum atomic E-state index is -1.11. The highest BCUT2D eigenvalue weighted by Crippen LogP contribution is 2.36. The molecule has 5 aliphatic rings. The van der Waals surface area contributed by atoms with Crippen molar-refractivity contribution >= 4 is 17.9 Å². The molecule has 5 fully saturated rings. The summed E-state index contributed by atoms with van der Waals surface area (Å²) in [7, 11) is 0. The molecule has 0 radical (unpaired) electrons. The van der Waals surface area contributed by atoms with Crippen LogP contribution < -0.4 is 0 Å². The Morgan fingerprint density at radius 2 is 0.960 bits per heavy atom. The Bertz CT molecular complexity index is 1180. The molecule has 0 spiro atoms. The van der Waals surface area contributed by atoms with Crippen molar-refractivity contribution in [2.24, 2.45) is 23.7 Å². The van der Waals surface area contributed by atoms with Gasteiger partial charge in [0.05, 0.1) is 54.9 Å². The van der Waals surface area contributed by atoms with E-state index in [1.54, 1.807) is 0 Å². The van der Waals surface area contributed by atoms with Crippen molar-refractivity contribution < 1.29 is 58.4 Å². The van der Waals surface area contributed by atoms with E-state index in [1.165, 1.54) is 0 Å². The maximum Gasteiger partial charge on any atom is 0.310 e. The zero-order valence-electron chi connectivity index (χ0n) is 28.6. The second kappa shape index (κ2) is 18.0. The van der Waals surface area contributed by atoms with Gasteiger partial charge in [0, 0.05) is 41.4 Å². The Labute approximate surface area is 291 Å². The highest BCUT2D eigenvalue weighted by Gasteiger charge is 2.45. The largest absolute Gasteiger partial charge is 0.481 e.